The number of carbonyl (C=O) groups excluding carboxylic acids is 2. The summed E-state index contributed by atoms with van der Waals surface area (Å²) < 4.78 is 0. The molecule has 3 rings (SSSR count). The molecule has 0 unspecified atom stereocenters. The Morgan fingerprint density at radius 1 is 1.00 bits per heavy atom. The summed E-state index contributed by atoms with van der Waals surface area (Å²) in [6.07, 6.45) is -1.74. The summed E-state index contributed by atoms with van der Waals surface area (Å²) in [6.45, 7) is -0.251. The van der Waals surface area contributed by atoms with Gasteiger partial charge in [0.1, 0.15) is 31.0 Å². The van der Waals surface area contributed by atoms with Crippen LogP contribution in [0.15, 0.2) is 53.7 Å². The second kappa shape index (κ2) is 8.64. The van der Waals surface area contributed by atoms with E-state index >= 15 is 0 Å². The van der Waals surface area contributed by atoms with Gasteiger partial charge in [0, 0.05) is 23.5 Å². The molecule has 0 radical (unpaired) electrons. The minimum atomic E-state index is -1.53. The standard InChI is InChI=1S/C20H20N2O6/c23-12(10-21-17(20(26)27)9-18(24)25)11-28-22-19-15-7-3-1-5-13(15)14-6-2-4-8-16(14)19/h1-8,12,17,21,23H,9-11H2,(H,24,25)(H,26,27)/p-1/t12-,17-/m1/s1. The van der Waals surface area contributed by atoms with Crippen molar-refractivity contribution < 1.29 is 35.1 Å². The third-order valence-corrected chi connectivity index (χ3v) is 4.46. The first-order chi connectivity index (χ1) is 13.5. The van der Waals surface area contributed by atoms with Crippen LogP contribution in [0.1, 0.15) is 17.5 Å². The van der Waals surface area contributed by atoms with E-state index in [0.29, 0.717) is 5.71 Å². The average Bonchev–Trinajstić information content (AvgIpc) is 2.99. The summed E-state index contributed by atoms with van der Waals surface area (Å²) in [5.74, 6) is -3.03. The van der Waals surface area contributed by atoms with Gasteiger partial charge in [-0.3, -0.25) is 0 Å². The van der Waals surface area contributed by atoms with Crippen LogP contribution in [-0.2, 0) is 14.4 Å². The summed E-state index contributed by atoms with van der Waals surface area (Å²) in [7, 11) is 0. The van der Waals surface area contributed by atoms with Crippen molar-refractivity contribution in [3.63, 3.8) is 0 Å². The molecule has 1 aliphatic carbocycles. The normalized spacial score (nSPS) is 14.0. The number of fused-ring (bicyclic) bond motifs is 3. The molecule has 2 aromatic rings. The van der Waals surface area contributed by atoms with E-state index in [9.17, 15) is 24.9 Å². The number of aliphatic hydroxyl groups is 1. The molecule has 0 fully saturated rings. The molecule has 0 aliphatic heterocycles. The van der Waals surface area contributed by atoms with Crippen molar-refractivity contribution >= 4 is 17.7 Å². The highest BCUT2D eigenvalue weighted by molar-refractivity contribution is 6.24. The van der Waals surface area contributed by atoms with Gasteiger partial charge < -0.3 is 35.1 Å². The van der Waals surface area contributed by atoms with Crippen molar-refractivity contribution in [3.05, 3.63) is 59.7 Å². The number of carboxylic acid groups (broad SMARTS) is 2. The molecule has 0 bridgehead atoms. The lowest BCUT2D eigenvalue weighted by atomic mass is 10.1. The average molecular weight is 383 g/mol. The number of quaternary nitrogens is 1. The van der Waals surface area contributed by atoms with Gasteiger partial charge in [0.05, 0.1) is 5.97 Å². The number of hydrogen-bond donors (Lipinski definition) is 2. The van der Waals surface area contributed by atoms with Crippen molar-refractivity contribution in [3.8, 4) is 11.1 Å². The van der Waals surface area contributed by atoms with Gasteiger partial charge in [-0.25, -0.2) is 0 Å². The van der Waals surface area contributed by atoms with Gasteiger partial charge in [-0.1, -0.05) is 53.7 Å². The van der Waals surface area contributed by atoms with Gasteiger partial charge in [-0.2, -0.15) is 0 Å². The zero-order valence-electron chi connectivity index (χ0n) is 14.9. The molecule has 8 heteroatoms. The molecule has 2 atom stereocenters. The summed E-state index contributed by atoms with van der Waals surface area (Å²) in [5, 5.41) is 36.8. The lowest BCUT2D eigenvalue weighted by molar-refractivity contribution is -0.688. The molecule has 3 N–H and O–H groups in total. The number of nitrogens with zero attached hydrogens (tertiary/aromatic N) is 1. The van der Waals surface area contributed by atoms with E-state index in [1.807, 2.05) is 48.5 Å². The van der Waals surface area contributed by atoms with Crippen molar-refractivity contribution in [1.29, 1.82) is 0 Å². The molecule has 28 heavy (non-hydrogen) atoms. The number of aliphatic carboxylic acids is 2. The van der Waals surface area contributed by atoms with E-state index in [1.54, 1.807) is 0 Å². The Bertz CT molecular complexity index is 864. The van der Waals surface area contributed by atoms with Crippen LogP contribution in [0.25, 0.3) is 11.1 Å². The minimum absolute atomic E-state index is 0.0794. The predicted molar refractivity (Wildman–Crippen MR) is 94.7 cm³/mol. The summed E-state index contributed by atoms with van der Waals surface area (Å²) >= 11 is 0. The molecule has 0 spiro atoms. The van der Waals surface area contributed by atoms with Crippen LogP contribution in [-0.4, -0.2) is 48.1 Å². The van der Waals surface area contributed by atoms with Gasteiger partial charge in [-0.15, -0.1) is 0 Å². The van der Waals surface area contributed by atoms with E-state index in [-0.39, 0.29) is 13.2 Å². The van der Waals surface area contributed by atoms with Crippen LogP contribution in [0.2, 0.25) is 0 Å². The molecule has 0 saturated heterocycles. The molecule has 1 aliphatic rings. The Hall–Kier alpha value is -3.23. The van der Waals surface area contributed by atoms with Gasteiger partial charge in [0.2, 0.25) is 0 Å². The maximum Gasteiger partial charge on any atom is 0.148 e. The molecule has 0 saturated carbocycles. The Kier molecular flexibility index (Phi) is 6.03. The van der Waals surface area contributed by atoms with Crippen molar-refractivity contribution in [2.75, 3.05) is 13.2 Å². The first-order valence-corrected chi connectivity index (χ1v) is 8.78. The van der Waals surface area contributed by atoms with Crippen molar-refractivity contribution in [2.45, 2.75) is 18.6 Å². The zero-order chi connectivity index (χ0) is 20.1. The monoisotopic (exact) mass is 383 g/mol. The summed E-state index contributed by atoms with van der Waals surface area (Å²) in [6, 6.07) is 14.2. The number of rotatable bonds is 9. The number of hydrogen-bond acceptors (Lipinski definition) is 7. The van der Waals surface area contributed by atoms with E-state index in [1.165, 1.54) is 5.32 Å². The highest BCUT2D eigenvalue weighted by Crippen LogP contribution is 2.36. The van der Waals surface area contributed by atoms with Crippen LogP contribution >= 0.6 is 0 Å². The fourth-order valence-electron chi connectivity index (χ4n) is 3.11. The summed E-state index contributed by atoms with van der Waals surface area (Å²) in [5.41, 5.74) is 4.61. The SMILES string of the molecule is O=C([O-])C[C@@H]([NH2+]C[C@@H](O)CON=C1c2ccccc2-c2ccccc21)C(=O)[O-]. The molecule has 146 valence electrons. The Labute approximate surface area is 161 Å². The lowest BCUT2D eigenvalue weighted by Crippen LogP contribution is -2.95. The number of carbonyl (C=O) groups is 2. The fraction of sp³-hybridized carbons (Fsp3) is 0.250. The van der Waals surface area contributed by atoms with Crippen LogP contribution in [0.3, 0.4) is 0 Å². The van der Waals surface area contributed by atoms with Gasteiger partial charge in [0.25, 0.3) is 0 Å². The van der Waals surface area contributed by atoms with Crippen molar-refractivity contribution in [2.24, 2.45) is 5.16 Å². The number of benzene rings is 2. The second-order valence-electron chi connectivity index (χ2n) is 6.45. The summed E-state index contributed by atoms with van der Waals surface area (Å²) in [4.78, 5) is 26.7. The molecule has 8 nitrogen and oxygen atoms in total. The van der Waals surface area contributed by atoms with Gasteiger partial charge in [0.15, 0.2) is 0 Å². The Morgan fingerprint density at radius 2 is 1.54 bits per heavy atom. The molecule has 2 aromatic carbocycles. The van der Waals surface area contributed by atoms with Crippen LogP contribution in [0, 0.1) is 0 Å². The third kappa shape index (κ3) is 4.36. The molecule has 0 amide bonds. The minimum Gasteiger partial charge on any atom is -0.550 e. The van der Waals surface area contributed by atoms with E-state index in [0.717, 1.165) is 22.3 Å². The molecular weight excluding hydrogens is 364 g/mol. The maximum absolute atomic E-state index is 10.9. The highest BCUT2D eigenvalue weighted by atomic mass is 16.6. The Balaban J connectivity index is 1.62. The van der Waals surface area contributed by atoms with Gasteiger partial charge in [-0.05, 0) is 11.1 Å². The van der Waals surface area contributed by atoms with E-state index < -0.39 is 30.5 Å². The number of aliphatic hydroxyl groups excluding tert-OH is 1. The largest absolute Gasteiger partial charge is 0.550 e. The van der Waals surface area contributed by atoms with Crippen molar-refractivity contribution in [1.82, 2.24) is 0 Å². The maximum atomic E-state index is 10.9. The topological polar surface area (TPSA) is 139 Å². The quantitative estimate of drug-likeness (QED) is 0.396. The smallest absolute Gasteiger partial charge is 0.148 e. The molecule has 0 heterocycles. The molecular formula is C20H19N2O6-. The van der Waals surface area contributed by atoms with Gasteiger partial charge >= 0.3 is 0 Å². The van der Waals surface area contributed by atoms with Crippen LogP contribution < -0.4 is 15.5 Å². The lowest BCUT2D eigenvalue weighted by Gasteiger charge is -2.18. The first-order valence-electron chi connectivity index (χ1n) is 8.78. The highest BCUT2D eigenvalue weighted by Gasteiger charge is 2.24. The zero-order valence-corrected chi connectivity index (χ0v) is 14.9. The number of oxime groups is 1. The second-order valence-corrected chi connectivity index (χ2v) is 6.45. The van der Waals surface area contributed by atoms with E-state index in [4.69, 9.17) is 4.84 Å². The van der Waals surface area contributed by atoms with E-state index in [2.05, 4.69) is 5.16 Å². The fourth-order valence-corrected chi connectivity index (χ4v) is 3.11. The third-order valence-electron chi connectivity index (χ3n) is 4.46. The van der Waals surface area contributed by atoms with Crippen LogP contribution in [0.5, 0.6) is 0 Å². The Morgan fingerprint density at radius 3 is 2.04 bits per heavy atom. The number of nitrogens with two attached hydrogens (primary N) is 1. The molecule has 0 aromatic heterocycles. The number of carboxylic acids is 2. The van der Waals surface area contributed by atoms with Crippen LogP contribution in [0.4, 0.5) is 0 Å². The predicted octanol–water partition coefficient (Wildman–Crippen LogP) is -2.38. The first kappa shape index (κ1) is 19.5.